The van der Waals surface area contributed by atoms with E-state index in [1.807, 2.05) is 4.90 Å². The number of nitrogens with zero attached hydrogens (tertiary/aromatic N) is 1. The monoisotopic (exact) mass is 283 g/mol. The Morgan fingerprint density at radius 1 is 1.63 bits per heavy atom. The number of ether oxygens (including phenoxy) is 1. The van der Waals surface area contributed by atoms with E-state index in [1.54, 1.807) is 11.4 Å². The van der Waals surface area contributed by atoms with Gasteiger partial charge in [0.1, 0.15) is 4.88 Å². The molecule has 0 saturated carbocycles. The number of thiophene rings is 1. The van der Waals surface area contributed by atoms with Gasteiger partial charge in [-0.3, -0.25) is 9.69 Å². The fourth-order valence-electron chi connectivity index (χ4n) is 2.06. The lowest BCUT2D eigenvalue weighted by molar-refractivity contribution is -0.117. The van der Waals surface area contributed by atoms with E-state index in [2.05, 4.69) is 10.1 Å². The van der Waals surface area contributed by atoms with Gasteiger partial charge in [-0.05, 0) is 17.9 Å². The first-order valence-corrected chi connectivity index (χ1v) is 6.91. The first kappa shape index (κ1) is 14.0. The van der Waals surface area contributed by atoms with E-state index in [4.69, 9.17) is 5.73 Å². The maximum absolute atomic E-state index is 11.9. The van der Waals surface area contributed by atoms with Crippen molar-refractivity contribution in [3.8, 4) is 0 Å². The summed E-state index contributed by atoms with van der Waals surface area (Å²) in [6.07, 6.45) is 0.916. The number of nitrogens with two attached hydrogens (primary N) is 1. The second-order valence-electron chi connectivity index (χ2n) is 4.49. The van der Waals surface area contributed by atoms with Crippen LogP contribution in [0.15, 0.2) is 11.4 Å². The number of rotatable bonds is 4. The molecule has 1 aromatic heterocycles. The predicted octanol–water partition coefficient (Wildman–Crippen LogP) is 0.506. The smallest absolute Gasteiger partial charge is 0.350 e. The van der Waals surface area contributed by atoms with E-state index in [9.17, 15) is 9.59 Å². The zero-order valence-corrected chi connectivity index (χ0v) is 11.5. The Labute approximate surface area is 115 Å². The maximum Gasteiger partial charge on any atom is 0.350 e. The van der Waals surface area contributed by atoms with Gasteiger partial charge in [-0.1, -0.05) is 0 Å². The Hall–Kier alpha value is -1.44. The van der Waals surface area contributed by atoms with Crippen molar-refractivity contribution < 1.29 is 14.3 Å². The van der Waals surface area contributed by atoms with Crippen LogP contribution < -0.4 is 11.1 Å². The highest BCUT2D eigenvalue weighted by Gasteiger charge is 2.22. The van der Waals surface area contributed by atoms with Crippen LogP contribution in [-0.2, 0) is 9.53 Å². The molecule has 1 amide bonds. The third-order valence-electron chi connectivity index (χ3n) is 2.99. The Morgan fingerprint density at radius 2 is 2.42 bits per heavy atom. The highest BCUT2D eigenvalue weighted by atomic mass is 32.1. The van der Waals surface area contributed by atoms with Crippen molar-refractivity contribution in [3.05, 3.63) is 16.3 Å². The Balaban J connectivity index is 1.92. The summed E-state index contributed by atoms with van der Waals surface area (Å²) >= 11 is 1.24. The molecule has 7 heteroatoms. The van der Waals surface area contributed by atoms with Gasteiger partial charge in [0.2, 0.25) is 5.91 Å². The topological polar surface area (TPSA) is 84.7 Å². The summed E-state index contributed by atoms with van der Waals surface area (Å²) in [7, 11) is 1.32. The number of nitrogens with one attached hydrogen (secondary N) is 1. The molecule has 3 N–H and O–H groups in total. The summed E-state index contributed by atoms with van der Waals surface area (Å²) in [5, 5.41) is 4.48. The van der Waals surface area contributed by atoms with Crippen LogP contribution in [0.25, 0.3) is 0 Å². The molecule has 0 unspecified atom stereocenters. The van der Waals surface area contributed by atoms with E-state index >= 15 is 0 Å². The third kappa shape index (κ3) is 3.52. The molecule has 0 radical (unpaired) electrons. The Bertz CT molecular complexity index is 475. The number of amides is 1. The van der Waals surface area contributed by atoms with Crippen molar-refractivity contribution >= 4 is 28.9 Å². The van der Waals surface area contributed by atoms with Gasteiger partial charge in [0.15, 0.2) is 0 Å². The normalized spacial score (nSPS) is 19.4. The SMILES string of the molecule is COC(=O)c1sccc1NC(=O)CN1CC[C@@H](N)C1. The number of anilines is 1. The molecule has 0 bridgehead atoms. The molecule has 1 fully saturated rings. The van der Waals surface area contributed by atoms with E-state index in [0.29, 0.717) is 17.1 Å². The molecule has 1 atom stereocenters. The van der Waals surface area contributed by atoms with Crippen LogP contribution in [0, 0.1) is 0 Å². The molecular weight excluding hydrogens is 266 g/mol. The van der Waals surface area contributed by atoms with Gasteiger partial charge in [-0.15, -0.1) is 11.3 Å². The quantitative estimate of drug-likeness (QED) is 0.786. The first-order valence-electron chi connectivity index (χ1n) is 6.03. The standard InChI is InChI=1S/C12H17N3O3S/c1-18-12(17)11-9(3-5-19-11)14-10(16)7-15-4-2-8(13)6-15/h3,5,8H,2,4,6-7,13H2,1H3,(H,14,16)/t8-/m1/s1. The summed E-state index contributed by atoms with van der Waals surface area (Å²) in [5.41, 5.74) is 6.29. The van der Waals surface area contributed by atoms with Crippen molar-refractivity contribution in [1.29, 1.82) is 0 Å². The first-order chi connectivity index (χ1) is 9.10. The molecule has 0 aromatic carbocycles. The molecule has 1 aliphatic rings. The number of hydrogen-bond acceptors (Lipinski definition) is 6. The largest absolute Gasteiger partial charge is 0.465 e. The van der Waals surface area contributed by atoms with Gasteiger partial charge in [0.25, 0.3) is 0 Å². The summed E-state index contributed by atoms with van der Waals surface area (Å²) in [6, 6.07) is 1.85. The molecular formula is C12H17N3O3S. The average molecular weight is 283 g/mol. The fraction of sp³-hybridized carbons (Fsp3) is 0.500. The van der Waals surface area contributed by atoms with Crippen LogP contribution in [-0.4, -0.2) is 49.6 Å². The van der Waals surface area contributed by atoms with Gasteiger partial charge in [-0.2, -0.15) is 0 Å². The molecule has 1 saturated heterocycles. The number of carbonyl (C=O) groups is 2. The van der Waals surface area contributed by atoms with Gasteiger partial charge < -0.3 is 15.8 Å². The molecule has 0 aliphatic carbocycles. The van der Waals surface area contributed by atoms with Crippen LogP contribution >= 0.6 is 11.3 Å². The summed E-state index contributed by atoms with van der Waals surface area (Å²) in [4.78, 5) is 25.8. The minimum Gasteiger partial charge on any atom is -0.465 e. The van der Waals surface area contributed by atoms with Crippen molar-refractivity contribution in [3.63, 3.8) is 0 Å². The lowest BCUT2D eigenvalue weighted by Crippen LogP contribution is -2.33. The summed E-state index contributed by atoms with van der Waals surface area (Å²) < 4.78 is 4.66. The average Bonchev–Trinajstić information content (AvgIpc) is 2.97. The Kier molecular flexibility index (Phi) is 4.52. The van der Waals surface area contributed by atoms with Gasteiger partial charge in [-0.25, -0.2) is 4.79 Å². The number of likely N-dealkylation sites (tertiary alicyclic amines) is 1. The van der Waals surface area contributed by atoms with Crippen LogP contribution in [0.5, 0.6) is 0 Å². The number of carbonyl (C=O) groups excluding carboxylic acids is 2. The fourth-order valence-corrected chi connectivity index (χ4v) is 2.82. The molecule has 104 valence electrons. The molecule has 1 aromatic rings. The molecule has 6 nitrogen and oxygen atoms in total. The van der Waals surface area contributed by atoms with Crippen LogP contribution in [0.1, 0.15) is 16.1 Å². The molecule has 1 aliphatic heterocycles. The molecule has 2 heterocycles. The van der Waals surface area contributed by atoms with Crippen molar-refractivity contribution in [2.75, 3.05) is 32.1 Å². The summed E-state index contributed by atoms with van der Waals surface area (Å²) in [6.45, 7) is 1.87. The van der Waals surface area contributed by atoms with Gasteiger partial charge >= 0.3 is 5.97 Å². The number of hydrogen-bond donors (Lipinski definition) is 2. The van der Waals surface area contributed by atoms with E-state index in [1.165, 1.54) is 18.4 Å². The lowest BCUT2D eigenvalue weighted by atomic mass is 10.3. The molecule has 19 heavy (non-hydrogen) atoms. The highest BCUT2D eigenvalue weighted by molar-refractivity contribution is 7.12. The second kappa shape index (κ2) is 6.14. The number of esters is 1. The Morgan fingerprint density at radius 3 is 3.05 bits per heavy atom. The van der Waals surface area contributed by atoms with Gasteiger partial charge in [0, 0.05) is 19.1 Å². The minimum absolute atomic E-state index is 0.141. The van der Waals surface area contributed by atoms with Crippen LogP contribution in [0.4, 0.5) is 5.69 Å². The van der Waals surface area contributed by atoms with Crippen molar-refractivity contribution in [1.82, 2.24) is 4.90 Å². The van der Waals surface area contributed by atoms with E-state index in [-0.39, 0.29) is 11.9 Å². The maximum atomic E-state index is 11.9. The van der Waals surface area contributed by atoms with E-state index < -0.39 is 5.97 Å². The highest BCUT2D eigenvalue weighted by Crippen LogP contribution is 2.23. The van der Waals surface area contributed by atoms with Crippen LogP contribution in [0.2, 0.25) is 0 Å². The zero-order chi connectivity index (χ0) is 13.8. The second-order valence-corrected chi connectivity index (χ2v) is 5.40. The predicted molar refractivity (Wildman–Crippen MR) is 73.3 cm³/mol. The van der Waals surface area contributed by atoms with Gasteiger partial charge in [0.05, 0.1) is 19.3 Å². The van der Waals surface area contributed by atoms with Crippen molar-refractivity contribution in [2.45, 2.75) is 12.5 Å². The third-order valence-corrected chi connectivity index (χ3v) is 3.88. The molecule has 2 rings (SSSR count). The van der Waals surface area contributed by atoms with E-state index in [0.717, 1.165) is 19.5 Å². The lowest BCUT2D eigenvalue weighted by Gasteiger charge is -2.14. The molecule has 0 spiro atoms. The van der Waals surface area contributed by atoms with Crippen molar-refractivity contribution in [2.24, 2.45) is 5.73 Å². The minimum atomic E-state index is -0.437. The van der Waals surface area contributed by atoms with Crippen LogP contribution in [0.3, 0.4) is 0 Å². The summed E-state index contributed by atoms with van der Waals surface area (Å²) in [5.74, 6) is -0.578. The number of methoxy groups -OCH3 is 1. The zero-order valence-electron chi connectivity index (χ0n) is 10.7.